The van der Waals surface area contributed by atoms with Crippen molar-refractivity contribution in [2.75, 3.05) is 17.2 Å². The summed E-state index contributed by atoms with van der Waals surface area (Å²) in [5.74, 6) is 1.29. The summed E-state index contributed by atoms with van der Waals surface area (Å²) in [5.41, 5.74) is 17.8. The van der Waals surface area contributed by atoms with Gasteiger partial charge in [-0.2, -0.15) is 0 Å². The molecule has 0 aliphatic carbocycles. The fourth-order valence-electron chi connectivity index (χ4n) is 1.69. The minimum Gasteiger partial charge on any atom is -0.382 e. The largest absolute Gasteiger partial charge is 0.382 e. The number of hydrogen-bond acceptors (Lipinski definition) is 7. The van der Waals surface area contributed by atoms with Crippen molar-refractivity contribution in [1.82, 2.24) is 19.9 Å². The molecule has 0 radical (unpaired) electrons. The molecule has 7 heteroatoms. The molecule has 0 unspecified atom stereocenters. The van der Waals surface area contributed by atoms with Crippen LogP contribution in [-0.2, 0) is 6.42 Å². The predicted octanol–water partition coefficient (Wildman–Crippen LogP) is 0.899. The van der Waals surface area contributed by atoms with E-state index in [0.29, 0.717) is 22.8 Å². The van der Waals surface area contributed by atoms with Gasteiger partial charge in [-0.15, -0.1) is 0 Å². The topological polar surface area (TPSA) is 130 Å². The van der Waals surface area contributed by atoms with Crippen molar-refractivity contribution in [3.63, 3.8) is 0 Å². The first kappa shape index (κ1) is 12.3. The van der Waals surface area contributed by atoms with Crippen LogP contribution in [0.25, 0.3) is 11.2 Å². The minimum atomic E-state index is 0.150. The zero-order valence-corrected chi connectivity index (χ0v) is 10.3. The lowest BCUT2D eigenvalue weighted by Gasteiger charge is -2.06. The Morgan fingerprint density at radius 1 is 0.833 bits per heavy atom. The van der Waals surface area contributed by atoms with Gasteiger partial charge in [-0.05, 0) is 6.42 Å². The van der Waals surface area contributed by atoms with Gasteiger partial charge in [-0.3, -0.25) is 0 Å². The van der Waals surface area contributed by atoms with Crippen LogP contribution in [0.3, 0.4) is 0 Å². The molecule has 0 bridgehead atoms. The van der Waals surface area contributed by atoms with Crippen LogP contribution in [0.2, 0.25) is 0 Å². The highest BCUT2D eigenvalue weighted by Crippen LogP contribution is 2.19. The van der Waals surface area contributed by atoms with E-state index in [4.69, 9.17) is 17.2 Å². The van der Waals surface area contributed by atoms with Crippen molar-refractivity contribution in [2.45, 2.75) is 32.6 Å². The molecule has 0 fully saturated rings. The number of fused-ring (bicyclic) bond motifs is 1. The third-order valence-electron chi connectivity index (χ3n) is 2.66. The van der Waals surface area contributed by atoms with Crippen LogP contribution in [0, 0.1) is 0 Å². The van der Waals surface area contributed by atoms with Gasteiger partial charge in [-0.25, -0.2) is 19.9 Å². The number of nitrogens with two attached hydrogens (primary N) is 3. The molecule has 0 aromatic carbocycles. The highest BCUT2D eigenvalue weighted by atomic mass is 15.1. The summed E-state index contributed by atoms with van der Waals surface area (Å²) < 4.78 is 0. The van der Waals surface area contributed by atoms with E-state index >= 15 is 0 Å². The molecule has 2 aromatic rings. The van der Waals surface area contributed by atoms with E-state index in [9.17, 15) is 0 Å². The van der Waals surface area contributed by atoms with Crippen LogP contribution in [-0.4, -0.2) is 19.9 Å². The predicted molar refractivity (Wildman–Crippen MR) is 71.6 cm³/mol. The van der Waals surface area contributed by atoms with E-state index in [1.54, 1.807) is 0 Å². The Morgan fingerprint density at radius 3 is 2.28 bits per heavy atom. The van der Waals surface area contributed by atoms with Crippen molar-refractivity contribution >= 4 is 28.6 Å². The second-order valence-corrected chi connectivity index (χ2v) is 4.15. The number of anilines is 3. The highest BCUT2D eigenvalue weighted by Gasteiger charge is 2.10. The first-order valence-electron chi connectivity index (χ1n) is 5.97. The van der Waals surface area contributed by atoms with E-state index in [1.807, 2.05) is 0 Å². The Morgan fingerprint density at radius 2 is 1.56 bits per heavy atom. The first-order valence-corrected chi connectivity index (χ1v) is 5.97. The van der Waals surface area contributed by atoms with Gasteiger partial charge in [0.25, 0.3) is 0 Å². The molecule has 6 N–H and O–H groups in total. The van der Waals surface area contributed by atoms with E-state index < -0.39 is 0 Å². The average Bonchev–Trinajstić information content (AvgIpc) is 2.32. The third kappa shape index (κ3) is 2.39. The molecule has 7 nitrogen and oxygen atoms in total. The normalized spacial score (nSPS) is 10.9. The number of aromatic nitrogens is 4. The van der Waals surface area contributed by atoms with Gasteiger partial charge in [0.15, 0.2) is 28.6 Å². The second-order valence-electron chi connectivity index (χ2n) is 4.15. The second kappa shape index (κ2) is 4.99. The molecule has 0 saturated heterocycles. The molecule has 0 atom stereocenters. The van der Waals surface area contributed by atoms with Gasteiger partial charge in [0.1, 0.15) is 5.82 Å². The Kier molecular flexibility index (Phi) is 3.40. The lowest BCUT2D eigenvalue weighted by molar-refractivity contribution is 0.696. The van der Waals surface area contributed by atoms with Crippen molar-refractivity contribution in [3.8, 4) is 0 Å². The number of hydrogen-bond donors (Lipinski definition) is 3. The molecule has 96 valence electrons. The Labute approximate surface area is 105 Å². The standard InChI is InChI=1S/C11H17N7/c1-2-3-4-5-6-15-8(12)7-11(16-6)18-10(14)9(13)17-7/h2-5H2,1H3,(H2,13,17)(H4,12,14,15,16,18). The number of rotatable bonds is 4. The lowest BCUT2D eigenvalue weighted by atomic mass is 10.2. The fourth-order valence-corrected chi connectivity index (χ4v) is 1.69. The van der Waals surface area contributed by atoms with Crippen molar-refractivity contribution in [2.24, 2.45) is 0 Å². The monoisotopic (exact) mass is 247 g/mol. The molecule has 2 aromatic heterocycles. The van der Waals surface area contributed by atoms with Crippen LogP contribution in [0.1, 0.15) is 32.0 Å². The van der Waals surface area contributed by atoms with Crippen LogP contribution >= 0.6 is 0 Å². The molecule has 0 amide bonds. The summed E-state index contributed by atoms with van der Waals surface area (Å²) in [6.07, 6.45) is 4.09. The molecule has 2 heterocycles. The number of aryl methyl sites for hydroxylation is 1. The fraction of sp³-hybridized carbons (Fsp3) is 0.455. The molecule has 0 saturated carbocycles. The van der Waals surface area contributed by atoms with Gasteiger partial charge in [0.2, 0.25) is 0 Å². The molecule has 2 rings (SSSR count). The maximum atomic E-state index is 5.83. The van der Waals surface area contributed by atoms with Crippen LogP contribution in [0.5, 0.6) is 0 Å². The quantitative estimate of drug-likeness (QED) is 0.684. The van der Waals surface area contributed by atoms with E-state index in [-0.39, 0.29) is 11.6 Å². The summed E-state index contributed by atoms with van der Waals surface area (Å²) in [6, 6.07) is 0. The summed E-state index contributed by atoms with van der Waals surface area (Å²) in [6.45, 7) is 2.14. The van der Waals surface area contributed by atoms with Crippen LogP contribution < -0.4 is 17.2 Å². The molecule has 18 heavy (non-hydrogen) atoms. The van der Waals surface area contributed by atoms with Gasteiger partial charge in [-0.1, -0.05) is 19.8 Å². The Hall–Kier alpha value is -2.18. The van der Waals surface area contributed by atoms with Crippen molar-refractivity contribution in [3.05, 3.63) is 5.82 Å². The molecular formula is C11H17N7. The summed E-state index contributed by atoms with van der Waals surface area (Å²) in [5, 5.41) is 0. The summed E-state index contributed by atoms with van der Waals surface area (Å²) in [7, 11) is 0. The van der Waals surface area contributed by atoms with Gasteiger partial charge < -0.3 is 17.2 Å². The zero-order chi connectivity index (χ0) is 13.1. The van der Waals surface area contributed by atoms with Crippen molar-refractivity contribution in [1.29, 1.82) is 0 Å². The minimum absolute atomic E-state index is 0.150. The van der Waals surface area contributed by atoms with E-state index in [2.05, 4.69) is 26.9 Å². The average molecular weight is 247 g/mol. The molecule has 0 aliphatic heterocycles. The molecular weight excluding hydrogens is 230 g/mol. The van der Waals surface area contributed by atoms with Gasteiger partial charge in [0.05, 0.1) is 0 Å². The van der Waals surface area contributed by atoms with Gasteiger partial charge >= 0.3 is 0 Å². The highest BCUT2D eigenvalue weighted by molar-refractivity contribution is 5.84. The first-order chi connectivity index (χ1) is 8.61. The number of unbranched alkanes of at least 4 members (excludes halogenated alkanes) is 2. The number of nitrogen functional groups attached to an aromatic ring is 3. The molecule has 0 aliphatic rings. The van der Waals surface area contributed by atoms with Crippen molar-refractivity contribution < 1.29 is 0 Å². The number of nitrogens with zero attached hydrogens (tertiary/aromatic N) is 4. The van der Waals surface area contributed by atoms with Gasteiger partial charge in [0, 0.05) is 6.42 Å². The summed E-state index contributed by atoms with van der Waals surface area (Å²) >= 11 is 0. The molecule has 0 spiro atoms. The lowest BCUT2D eigenvalue weighted by Crippen LogP contribution is -2.07. The Bertz CT molecular complexity index is 567. The summed E-state index contributed by atoms with van der Waals surface area (Å²) in [4.78, 5) is 16.7. The van der Waals surface area contributed by atoms with E-state index in [1.165, 1.54) is 0 Å². The Balaban J connectivity index is 2.38. The van der Waals surface area contributed by atoms with E-state index in [0.717, 1.165) is 25.7 Å². The maximum Gasteiger partial charge on any atom is 0.186 e. The smallest absolute Gasteiger partial charge is 0.186 e. The third-order valence-corrected chi connectivity index (χ3v) is 2.66. The SMILES string of the molecule is CCCCCc1nc(N)c2nc(N)c(N)nc2n1. The van der Waals surface area contributed by atoms with Crippen LogP contribution in [0.15, 0.2) is 0 Å². The van der Waals surface area contributed by atoms with Crippen LogP contribution in [0.4, 0.5) is 17.5 Å². The zero-order valence-electron chi connectivity index (χ0n) is 10.3. The maximum absolute atomic E-state index is 5.83.